The molecule has 14 heavy (non-hydrogen) atoms. The van der Waals surface area contributed by atoms with Gasteiger partial charge in [-0.1, -0.05) is 23.2 Å². The van der Waals surface area contributed by atoms with Crippen molar-refractivity contribution in [3.05, 3.63) is 16.4 Å². The molecule has 1 aromatic rings. The van der Waals surface area contributed by atoms with Gasteiger partial charge in [0.05, 0.1) is 18.2 Å². The molecule has 0 aliphatic heterocycles. The number of rotatable bonds is 3. The molecule has 0 amide bonds. The number of aromatic nitrogens is 2. The van der Waals surface area contributed by atoms with E-state index in [1.165, 1.54) is 0 Å². The molecule has 0 fully saturated rings. The summed E-state index contributed by atoms with van der Waals surface area (Å²) < 4.78 is 0. The van der Waals surface area contributed by atoms with Crippen LogP contribution in [0.1, 0.15) is 6.42 Å². The first-order valence-corrected chi connectivity index (χ1v) is 4.67. The van der Waals surface area contributed by atoms with E-state index in [2.05, 4.69) is 10.2 Å². The average Bonchev–Trinajstić information content (AvgIpc) is 2.18. The van der Waals surface area contributed by atoms with Crippen LogP contribution in [0.5, 0.6) is 0 Å². The molecule has 0 bridgehead atoms. The van der Waals surface area contributed by atoms with Crippen molar-refractivity contribution in [2.75, 3.05) is 18.5 Å². The molecule has 0 atom stereocenters. The van der Waals surface area contributed by atoms with E-state index in [-0.39, 0.29) is 10.3 Å². The predicted molar refractivity (Wildman–Crippen MR) is 55.6 cm³/mol. The number of halogens is 2. The van der Waals surface area contributed by atoms with Gasteiger partial charge in [0.25, 0.3) is 0 Å². The summed E-state index contributed by atoms with van der Waals surface area (Å²) in [7, 11) is 1.82. The minimum atomic E-state index is 0.285. The van der Waals surface area contributed by atoms with E-state index in [1.54, 1.807) is 6.07 Å². The van der Waals surface area contributed by atoms with E-state index < -0.39 is 0 Å². The van der Waals surface area contributed by atoms with Gasteiger partial charge in [-0.3, -0.25) is 0 Å². The summed E-state index contributed by atoms with van der Waals surface area (Å²) in [4.78, 5) is 1.81. The largest absolute Gasteiger partial charge is 0.371 e. The molecule has 0 saturated carbocycles. The smallest absolute Gasteiger partial charge is 0.175 e. The SMILES string of the molecule is CN(CCC#N)c1cc(Cl)nnc1Cl. The monoisotopic (exact) mass is 230 g/mol. The van der Waals surface area contributed by atoms with Crippen LogP contribution in [0.4, 0.5) is 5.69 Å². The molecule has 0 spiro atoms. The van der Waals surface area contributed by atoms with Crippen molar-refractivity contribution in [3.63, 3.8) is 0 Å². The molecule has 74 valence electrons. The van der Waals surface area contributed by atoms with Crippen LogP contribution in [0, 0.1) is 11.3 Å². The van der Waals surface area contributed by atoms with Crippen LogP contribution >= 0.6 is 23.2 Å². The van der Waals surface area contributed by atoms with Gasteiger partial charge in [-0.05, 0) is 0 Å². The lowest BCUT2D eigenvalue weighted by Crippen LogP contribution is -2.19. The van der Waals surface area contributed by atoms with Crippen molar-refractivity contribution in [2.24, 2.45) is 0 Å². The Bertz CT molecular complexity index is 361. The topological polar surface area (TPSA) is 52.8 Å². The van der Waals surface area contributed by atoms with E-state index in [0.717, 1.165) is 0 Å². The Morgan fingerprint density at radius 1 is 1.50 bits per heavy atom. The van der Waals surface area contributed by atoms with Gasteiger partial charge in [0.2, 0.25) is 0 Å². The molecule has 0 aliphatic rings. The standard InChI is InChI=1S/C8H8Cl2N4/c1-14(4-2-3-11)6-5-7(9)12-13-8(6)10/h5H,2,4H2,1H3. The molecule has 1 rings (SSSR count). The van der Waals surface area contributed by atoms with Gasteiger partial charge < -0.3 is 4.90 Å². The number of nitriles is 1. The van der Waals surface area contributed by atoms with Gasteiger partial charge in [0.15, 0.2) is 10.3 Å². The lowest BCUT2D eigenvalue weighted by molar-refractivity contribution is 0.891. The van der Waals surface area contributed by atoms with E-state index in [4.69, 9.17) is 28.5 Å². The summed E-state index contributed by atoms with van der Waals surface area (Å²) in [5, 5.41) is 16.3. The Hall–Kier alpha value is -1.05. The van der Waals surface area contributed by atoms with Crippen LogP contribution in [0.2, 0.25) is 10.3 Å². The summed E-state index contributed by atoms with van der Waals surface area (Å²) in [6, 6.07) is 3.67. The van der Waals surface area contributed by atoms with Gasteiger partial charge in [-0.25, -0.2) is 0 Å². The van der Waals surface area contributed by atoms with Gasteiger partial charge >= 0.3 is 0 Å². The molecule has 0 unspecified atom stereocenters. The zero-order chi connectivity index (χ0) is 10.6. The fourth-order valence-corrected chi connectivity index (χ4v) is 1.33. The Balaban J connectivity index is 2.83. The van der Waals surface area contributed by atoms with Crippen molar-refractivity contribution >= 4 is 28.9 Å². The number of hydrogen-bond donors (Lipinski definition) is 0. The second-order valence-corrected chi connectivity index (χ2v) is 3.42. The third-order valence-corrected chi connectivity index (χ3v) is 2.12. The Kier molecular flexibility index (Phi) is 3.93. The summed E-state index contributed by atoms with van der Waals surface area (Å²) in [5.74, 6) is 0. The van der Waals surface area contributed by atoms with Crippen molar-refractivity contribution < 1.29 is 0 Å². The summed E-state index contributed by atoms with van der Waals surface area (Å²) in [5.41, 5.74) is 0.682. The van der Waals surface area contributed by atoms with E-state index >= 15 is 0 Å². The third-order valence-electron chi connectivity index (χ3n) is 1.67. The first kappa shape index (κ1) is 11.0. The van der Waals surface area contributed by atoms with E-state index in [0.29, 0.717) is 18.7 Å². The van der Waals surface area contributed by atoms with Crippen LogP contribution in [0.15, 0.2) is 6.07 Å². The third kappa shape index (κ3) is 2.72. The fourth-order valence-electron chi connectivity index (χ4n) is 0.950. The maximum atomic E-state index is 8.42. The van der Waals surface area contributed by atoms with Crippen LogP contribution in [0.3, 0.4) is 0 Å². The average molecular weight is 231 g/mol. The molecule has 0 radical (unpaired) electrons. The maximum Gasteiger partial charge on any atom is 0.175 e. The number of hydrogen-bond acceptors (Lipinski definition) is 4. The Morgan fingerprint density at radius 3 is 2.86 bits per heavy atom. The highest BCUT2D eigenvalue weighted by atomic mass is 35.5. The first-order valence-electron chi connectivity index (χ1n) is 3.92. The number of nitrogens with zero attached hydrogens (tertiary/aromatic N) is 4. The van der Waals surface area contributed by atoms with Crippen LogP contribution in [-0.2, 0) is 0 Å². The van der Waals surface area contributed by atoms with Crippen LogP contribution in [0.25, 0.3) is 0 Å². The van der Waals surface area contributed by atoms with Gasteiger partial charge in [-0.2, -0.15) is 5.26 Å². The molecular weight excluding hydrogens is 223 g/mol. The summed E-state index contributed by atoms with van der Waals surface area (Å²) in [6.07, 6.45) is 0.423. The van der Waals surface area contributed by atoms with Crippen LogP contribution < -0.4 is 4.90 Å². The second-order valence-electron chi connectivity index (χ2n) is 2.67. The molecule has 6 heteroatoms. The quantitative estimate of drug-likeness (QED) is 0.799. The first-order chi connectivity index (χ1) is 6.65. The van der Waals surface area contributed by atoms with Crippen molar-refractivity contribution in [3.8, 4) is 6.07 Å². The van der Waals surface area contributed by atoms with E-state index in [1.807, 2.05) is 18.0 Å². The summed E-state index contributed by atoms with van der Waals surface area (Å²) >= 11 is 11.5. The molecule has 4 nitrogen and oxygen atoms in total. The molecule has 0 aromatic carbocycles. The van der Waals surface area contributed by atoms with Crippen molar-refractivity contribution in [1.82, 2.24) is 10.2 Å². The Labute approximate surface area is 92.1 Å². The zero-order valence-corrected chi connectivity index (χ0v) is 9.05. The lowest BCUT2D eigenvalue weighted by atomic mass is 10.3. The van der Waals surface area contributed by atoms with Crippen LogP contribution in [-0.4, -0.2) is 23.8 Å². The molecule has 0 saturated heterocycles. The van der Waals surface area contributed by atoms with Gasteiger partial charge in [0, 0.05) is 19.7 Å². The maximum absolute atomic E-state index is 8.42. The van der Waals surface area contributed by atoms with Gasteiger partial charge in [-0.15, -0.1) is 10.2 Å². The lowest BCUT2D eigenvalue weighted by Gasteiger charge is -2.17. The zero-order valence-electron chi connectivity index (χ0n) is 7.54. The minimum absolute atomic E-state index is 0.285. The summed E-state index contributed by atoms with van der Waals surface area (Å²) in [6.45, 7) is 0.582. The van der Waals surface area contributed by atoms with Crippen molar-refractivity contribution in [1.29, 1.82) is 5.26 Å². The normalized spacial score (nSPS) is 9.57. The highest BCUT2D eigenvalue weighted by Gasteiger charge is 2.08. The predicted octanol–water partition coefficient (Wildman–Crippen LogP) is 2.13. The highest BCUT2D eigenvalue weighted by molar-refractivity contribution is 6.33. The fraction of sp³-hybridized carbons (Fsp3) is 0.375. The highest BCUT2D eigenvalue weighted by Crippen LogP contribution is 2.24. The molecular formula is C8H8Cl2N4. The Morgan fingerprint density at radius 2 is 2.21 bits per heavy atom. The number of anilines is 1. The van der Waals surface area contributed by atoms with E-state index in [9.17, 15) is 0 Å². The molecule has 1 aromatic heterocycles. The molecule has 0 N–H and O–H groups in total. The van der Waals surface area contributed by atoms with Gasteiger partial charge in [0.1, 0.15) is 0 Å². The molecule has 0 aliphatic carbocycles. The second kappa shape index (κ2) is 4.99. The minimum Gasteiger partial charge on any atom is -0.371 e. The molecule has 1 heterocycles. The van der Waals surface area contributed by atoms with Crippen molar-refractivity contribution in [2.45, 2.75) is 6.42 Å².